The monoisotopic (exact) mass is 154 g/mol. The Labute approximate surface area is 52.2 Å². The van der Waals surface area contributed by atoms with Crippen molar-refractivity contribution >= 4 is 21.9 Å². The molecule has 0 amide bonds. The molecule has 3 nitrogen and oxygen atoms in total. The van der Waals surface area contributed by atoms with Crippen LogP contribution < -0.4 is 0 Å². The van der Waals surface area contributed by atoms with E-state index >= 15 is 0 Å². The number of hydrogen-bond donors (Lipinski definition) is 1. The molecule has 1 aliphatic heterocycles. The van der Waals surface area contributed by atoms with Crippen molar-refractivity contribution in [2.24, 2.45) is 0 Å². The Morgan fingerprint density at radius 3 is 2.38 bits per heavy atom. The van der Waals surface area contributed by atoms with E-state index in [9.17, 15) is 8.42 Å². The van der Waals surface area contributed by atoms with Crippen LogP contribution in [0, 0.1) is 0 Å². The van der Waals surface area contributed by atoms with Gasteiger partial charge in [-0.25, -0.2) is 0 Å². The molecule has 1 rings (SSSR count). The van der Waals surface area contributed by atoms with Gasteiger partial charge in [-0.1, -0.05) is 0 Å². The fourth-order valence-electron chi connectivity index (χ4n) is 0.399. The third-order valence-electron chi connectivity index (χ3n) is 0.799. The molecule has 0 aliphatic carbocycles. The minimum absolute atomic E-state index is 0.0718. The van der Waals surface area contributed by atoms with Gasteiger partial charge in [-0.05, 0) is 0 Å². The normalized spacial score (nSPS) is 27.9. The second-order valence-electron chi connectivity index (χ2n) is 1.70. The summed E-state index contributed by atoms with van der Waals surface area (Å²) in [5.41, 5.74) is 0. The molecule has 0 saturated carbocycles. The largest absolute Gasteiger partial charge is 0.286 e. The van der Waals surface area contributed by atoms with Gasteiger partial charge in [0.05, 0.1) is 5.75 Å². The summed E-state index contributed by atoms with van der Waals surface area (Å²) < 4.78 is 28.2. The number of hydrogen-bond acceptors (Lipinski definition) is 3. The van der Waals surface area contributed by atoms with Gasteiger partial charge in [-0.15, -0.1) is 0 Å². The van der Waals surface area contributed by atoms with Gasteiger partial charge in [0.1, 0.15) is 0 Å². The molecule has 0 aromatic carbocycles. The van der Waals surface area contributed by atoms with Crippen LogP contribution in [0.4, 0.5) is 0 Å². The Morgan fingerprint density at radius 1 is 1.75 bits per heavy atom. The predicted octanol–water partition coefficient (Wildman–Crippen LogP) is -0.0104. The quantitative estimate of drug-likeness (QED) is 0.449. The second-order valence-corrected chi connectivity index (χ2v) is 4.53. The lowest BCUT2D eigenvalue weighted by atomic mass is 10.6. The van der Waals surface area contributed by atoms with Crippen LogP contribution in [0.1, 0.15) is 0 Å². The lowest BCUT2D eigenvalue weighted by Gasteiger charge is -1.87. The summed E-state index contributed by atoms with van der Waals surface area (Å²) >= 11 is 1.56. The van der Waals surface area contributed by atoms with Crippen molar-refractivity contribution in [3.63, 3.8) is 0 Å². The van der Waals surface area contributed by atoms with Gasteiger partial charge in [0.25, 0.3) is 10.1 Å². The van der Waals surface area contributed by atoms with Crippen LogP contribution in [-0.2, 0) is 10.1 Å². The molecule has 0 aromatic heterocycles. The highest BCUT2D eigenvalue weighted by Gasteiger charge is 2.27. The topological polar surface area (TPSA) is 54.4 Å². The molecule has 1 N–H and O–H groups in total. The van der Waals surface area contributed by atoms with E-state index in [0.717, 1.165) is 5.75 Å². The van der Waals surface area contributed by atoms with Crippen LogP contribution in [0.2, 0.25) is 0 Å². The molecule has 5 heteroatoms. The van der Waals surface area contributed by atoms with Gasteiger partial charge >= 0.3 is 0 Å². The standard InChI is InChI=1S/C3H6O3S2/c4-8(5,6)2-3-1-7-3/h3H,1-2H2,(H,4,5,6). The minimum Gasteiger partial charge on any atom is -0.286 e. The summed E-state index contributed by atoms with van der Waals surface area (Å²) in [5.74, 6) is 0.803. The Morgan fingerprint density at radius 2 is 2.25 bits per heavy atom. The van der Waals surface area contributed by atoms with Crippen LogP contribution in [0.25, 0.3) is 0 Å². The third-order valence-corrected chi connectivity index (χ3v) is 2.80. The highest BCUT2D eigenvalue weighted by atomic mass is 32.2. The van der Waals surface area contributed by atoms with Crippen LogP contribution in [0.3, 0.4) is 0 Å². The number of thioether (sulfide) groups is 1. The molecule has 1 unspecified atom stereocenters. The SMILES string of the molecule is O=S(=O)(O)CC1CS1. The molecule has 0 radical (unpaired) electrons. The summed E-state index contributed by atoms with van der Waals surface area (Å²) in [4.78, 5) is 0. The van der Waals surface area contributed by atoms with Gasteiger partial charge in [-0.3, -0.25) is 4.55 Å². The van der Waals surface area contributed by atoms with Crippen LogP contribution in [-0.4, -0.2) is 29.7 Å². The van der Waals surface area contributed by atoms with E-state index in [4.69, 9.17) is 4.55 Å². The van der Waals surface area contributed by atoms with Gasteiger partial charge in [0.15, 0.2) is 0 Å². The fraction of sp³-hybridized carbons (Fsp3) is 1.00. The minimum atomic E-state index is -3.68. The Kier molecular flexibility index (Phi) is 1.51. The average Bonchev–Trinajstić information content (AvgIpc) is 2.12. The van der Waals surface area contributed by atoms with Crippen molar-refractivity contribution in [1.82, 2.24) is 0 Å². The van der Waals surface area contributed by atoms with Crippen molar-refractivity contribution in [3.05, 3.63) is 0 Å². The van der Waals surface area contributed by atoms with Crippen LogP contribution >= 0.6 is 11.8 Å². The first-order chi connectivity index (χ1) is 3.58. The van der Waals surface area contributed by atoms with Crippen LogP contribution in [0.5, 0.6) is 0 Å². The fourth-order valence-corrected chi connectivity index (χ4v) is 2.29. The lowest BCUT2D eigenvalue weighted by molar-refractivity contribution is 0.483. The zero-order valence-corrected chi connectivity index (χ0v) is 5.70. The summed E-state index contributed by atoms with van der Waals surface area (Å²) in [6, 6.07) is 0. The molecular weight excluding hydrogens is 148 g/mol. The molecule has 1 fully saturated rings. The van der Waals surface area contributed by atoms with E-state index in [1.54, 1.807) is 11.8 Å². The smallest absolute Gasteiger partial charge is 0.265 e. The molecule has 1 atom stereocenters. The molecule has 1 aliphatic rings. The maximum absolute atomic E-state index is 10.0. The summed E-state index contributed by atoms with van der Waals surface area (Å²) in [6.07, 6.45) is 0. The van der Waals surface area contributed by atoms with Gasteiger partial charge in [0.2, 0.25) is 0 Å². The second kappa shape index (κ2) is 1.89. The van der Waals surface area contributed by atoms with Crippen molar-refractivity contribution in [1.29, 1.82) is 0 Å². The van der Waals surface area contributed by atoms with E-state index in [-0.39, 0.29) is 11.0 Å². The van der Waals surface area contributed by atoms with Crippen molar-refractivity contribution in [3.8, 4) is 0 Å². The molecule has 0 spiro atoms. The van der Waals surface area contributed by atoms with Gasteiger partial charge in [-0.2, -0.15) is 20.2 Å². The first kappa shape index (κ1) is 6.38. The zero-order valence-electron chi connectivity index (χ0n) is 4.07. The van der Waals surface area contributed by atoms with Crippen molar-refractivity contribution in [2.75, 3.05) is 11.5 Å². The first-order valence-electron chi connectivity index (χ1n) is 2.15. The van der Waals surface area contributed by atoms with Crippen LogP contribution in [0.15, 0.2) is 0 Å². The van der Waals surface area contributed by atoms with Gasteiger partial charge in [0, 0.05) is 11.0 Å². The summed E-state index contributed by atoms with van der Waals surface area (Å²) in [7, 11) is -3.68. The number of rotatable bonds is 2. The van der Waals surface area contributed by atoms with Crippen molar-refractivity contribution in [2.45, 2.75) is 5.25 Å². The molecule has 8 heavy (non-hydrogen) atoms. The third kappa shape index (κ3) is 2.54. The van der Waals surface area contributed by atoms with Gasteiger partial charge < -0.3 is 0 Å². The molecule has 0 bridgehead atoms. The van der Waals surface area contributed by atoms with E-state index in [1.165, 1.54) is 0 Å². The zero-order chi connectivity index (χ0) is 6.20. The average molecular weight is 154 g/mol. The summed E-state index contributed by atoms with van der Waals surface area (Å²) in [5, 5.41) is 0.171. The van der Waals surface area contributed by atoms with Crippen molar-refractivity contribution < 1.29 is 13.0 Å². The predicted molar refractivity (Wildman–Crippen MR) is 32.7 cm³/mol. The molecule has 1 saturated heterocycles. The molecule has 48 valence electrons. The first-order valence-corrected chi connectivity index (χ1v) is 4.80. The Balaban J connectivity index is 2.38. The van der Waals surface area contributed by atoms with E-state index < -0.39 is 10.1 Å². The van der Waals surface area contributed by atoms with E-state index in [0.29, 0.717) is 0 Å². The Hall–Kier alpha value is 0.260. The lowest BCUT2D eigenvalue weighted by Crippen LogP contribution is -2.07. The maximum Gasteiger partial charge on any atom is 0.265 e. The van der Waals surface area contributed by atoms with E-state index in [1.807, 2.05) is 0 Å². The van der Waals surface area contributed by atoms with E-state index in [2.05, 4.69) is 0 Å². The maximum atomic E-state index is 10.0. The highest BCUT2D eigenvalue weighted by molar-refractivity contribution is 8.07. The highest BCUT2D eigenvalue weighted by Crippen LogP contribution is 2.30. The summed E-state index contributed by atoms with van der Waals surface area (Å²) in [6.45, 7) is 0. The molecule has 1 heterocycles. The molecule has 0 aromatic rings. The molecular formula is C3H6O3S2. The Bertz CT molecular complexity index is 167.